The number of benzene rings is 1. The van der Waals surface area contributed by atoms with Gasteiger partial charge in [0, 0.05) is 31.7 Å². The van der Waals surface area contributed by atoms with Crippen molar-refractivity contribution in [3.63, 3.8) is 0 Å². The number of halogens is 1. The normalized spacial score (nSPS) is 30.0. The topological polar surface area (TPSA) is 29.5 Å². The highest BCUT2D eigenvalue weighted by Gasteiger charge is 2.44. The average molecular weight is 365 g/mol. The average Bonchev–Trinajstić information content (AvgIpc) is 2.60. The summed E-state index contributed by atoms with van der Waals surface area (Å²) in [5.41, 5.74) is 1.28. The van der Waals surface area contributed by atoms with Crippen molar-refractivity contribution in [2.45, 2.75) is 58.0 Å². The molecule has 3 rings (SSSR count). The number of ether oxygens (including phenoxy) is 1. The smallest absolute Gasteiger partial charge is 0.164 e. The van der Waals surface area contributed by atoms with Crippen molar-refractivity contribution >= 4 is 5.78 Å². The molecule has 0 bridgehead atoms. The molecule has 2 unspecified atom stereocenters. The Kier molecular flexibility index (Phi) is 7.07. The number of hydrogen-bond donors (Lipinski definition) is 0. The maximum Gasteiger partial charge on any atom is 0.164 e. The minimum absolute atomic E-state index is 0. The zero-order valence-electron chi connectivity index (χ0n) is 15.6. The summed E-state index contributed by atoms with van der Waals surface area (Å²) in [4.78, 5) is 14.9. The Morgan fingerprint density at radius 2 is 2.00 bits per heavy atom. The molecule has 2 atom stereocenters. The summed E-state index contributed by atoms with van der Waals surface area (Å²) in [6, 6.07) is 9.69. The molecule has 0 aliphatic carbocycles. The van der Waals surface area contributed by atoms with Crippen LogP contribution in [0.1, 0.15) is 62.7 Å². The van der Waals surface area contributed by atoms with Crippen molar-refractivity contribution < 1.29 is 21.9 Å². The summed E-state index contributed by atoms with van der Waals surface area (Å²) >= 11 is 0. The van der Waals surface area contributed by atoms with E-state index in [1.54, 1.807) is 0 Å². The molecule has 140 valence electrons. The van der Waals surface area contributed by atoms with Gasteiger partial charge in [-0.25, -0.2) is 0 Å². The molecule has 2 saturated heterocycles. The third-order valence-corrected chi connectivity index (χ3v) is 6.07. The summed E-state index contributed by atoms with van der Waals surface area (Å²) in [5, 5.41) is 0. The van der Waals surface area contributed by atoms with Crippen LogP contribution < -0.4 is 12.4 Å². The zero-order valence-corrected chi connectivity index (χ0v) is 16.4. The van der Waals surface area contributed by atoms with Crippen LogP contribution in [-0.4, -0.2) is 42.5 Å². The largest absolute Gasteiger partial charge is 1.00 e. The van der Waals surface area contributed by atoms with Crippen LogP contribution in [0.3, 0.4) is 0 Å². The number of hydrogen-bond acceptors (Lipinski definition) is 3. The predicted octanol–water partition coefficient (Wildman–Crippen LogP) is 1.32. The van der Waals surface area contributed by atoms with Crippen LogP contribution in [-0.2, 0) is 4.74 Å². The second kappa shape index (κ2) is 8.66. The third kappa shape index (κ3) is 5.06. The van der Waals surface area contributed by atoms with Crippen LogP contribution in [0, 0.1) is 5.41 Å². The maximum atomic E-state index is 12.4. The lowest BCUT2D eigenvalue weighted by molar-refractivity contribution is -0.133. The van der Waals surface area contributed by atoms with Gasteiger partial charge in [-0.2, -0.15) is 0 Å². The van der Waals surface area contributed by atoms with Gasteiger partial charge in [0.1, 0.15) is 0 Å². The molecule has 1 aromatic rings. The Morgan fingerprint density at radius 1 is 1.24 bits per heavy atom. The molecule has 3 nitrogen and oxygen atoms in total. The van der Waals surface area contributed by atoms with Gasteiger partial charge in [-0.3, -0.25) is 4.79 Å². The van der Waals surface area contributed by atoms with Crippen molar-refractivity contribution in [2.75, 3.05) is 26.2 Å². The minimum atomic E-state index is 0. The number of carbonyl (C=O) groups excluding carboxylic acids is 1. The second-order valence-corrected chi connectivity index (χ2v) is 8.00. The molecule has 2 aliphatic heterocycles. The fourth-order valence-corrected chi connectivity index (χ4v) is 4.55. The van der Waals surface area contributed by atoms with Crippen molar-refractivity contribution in [1.82, 2.24) is 4.90 Å². The quantitative estimate of drug-likeness (QED) is 0.738. The fourth-order valence-electron chi connectivity index (χ4n) is 4.55. The first-order valence-electron chi connectivity index (χ1n) is 9.49. The summed E-state index contributed by atoms with van der Waals surface area (Å²) in [7, 11) is 0. The van der Waals surface area contributed by atoms with E-state index in [1.165, 1.54) is 25.7 Å². The molecule has 0 aromatic heterocycles. The van der Waals surface area contributed by atoms with Crippen molar-refractivity contribution in [3.8, 4) is 0 Å². The highest BCUT2D eigenvalue weighted by molar-refractivity contribution is 5.96. The SMILES string of the molecule is CCC1(C)CC2(CCCN(CCC(=O)c3ccccc3)C2)CCO1.[Cl-]. The Morgan fingerprint density at radius 3 is 2.72 bits per heavy atom. The summed E-state index contributed by atoms with van der Waals surface area (Å²) in [5.74, 6) is 0.264. The van der Waals surface area contributed by atoms with Gasteiger partial charge in [0.25, 0.3) is 0 Å². The monoisotopic (exact) mass is 364 g/mol. The van der Waals surface area contributed by atoms with Crippen molar-refractivity contribution in [3.05, 3.63) is 35.9 Å². The van der Waals surface area contributed by atoms with E-state index in [2.05, 4.69) is 18.7 Å². The summed E-state index contributed by atoms with van der Waals surface area (Å²) in [6.45, 7) is 8.55. The first-order valence-corrected chi connectivity index (χ1v) is 9.49. The molecule has 0 N–H and O–H groups in total. The Balaban J connectivity index is 0.00000225. The van der Waals surface area contributed by atoms with Crippen LogP contribution in [0.25, 0.3) is 0 Å². The molecule has 2 fully saturated rings. The molecule has 2 heterocycles. The van der Waals surface area contributed by atoms with E-state index in [1.807, 2.05) is 30.3 Å². The molecule has 25 heavy (non-hydrogen) atoms. The summed E-state index contributed by atoms with van der Waals surface area (Å²) < 4.78 is 6.06. The van der Waals surface area contributed by atoms with Crippen molar-refractivity contribution in [2.24, 2.45) is 5.41 Å². The van der Waals surface area contributed by atoms with E-state index in [0.717, 1.165) is 38.2 Å². The number of nitrogens with zero attached hydrogens (tertiary/aromatic N) is 1. The Labute approximate surface area is 158 Å². The molecule has 0 radical (unpaired) electrons. The number of carbonyl (C=O) groups is 1. The molecule has 0 saturated carbocycles. The van der Waals surface area contributed by atoms with Gasteiger partial charge in [0.2, 0.25) is 0 Å². The van der Waals surface area contributed by atoms with Crippen LogP contribution in [0.15, 0.2) is 30.3 Å². The van der Waals surface area contributed by atoms with Gasteiger partial charge < -0.3 is 22.0 Å². The zero-order chi connectivity index (χ0) is 17.0. The lowest BCUT2D eigenvalue weighted by Crippen LogP contribution is -3.00. The number of Topliss-reactive ketones (excluding diaryl/α,β-unsaturated/α-hetero) is 1. The number of likely N-dealkylation sites (tertiary alicyclic amines) is 1. The van der Waals surface area contributed by atoms with E-state index >= 15 is 0 Å². The maximum absolute atomic E-state index is 12.4. The first kappa shape index (κ1) is 20.4. The number of ketones is 1. The second-order valence-electron chi connectivity index (χ2n) is 8.00. The van der Waals surface area contributed by atoms with Crippen molar-refractivity contribution in [1.29, 1.82) is 0 Å². The van der Waals surface area contributed by atoms with Crippen LogP contribution in [0.5, 0.6) is 0 Å². The fraction of sp³-hybridized carbons (Fsp3) is 0.667. The molecule has 2 aliphatic rings. The highest BCUT2D eigenvalue weighted by atomic mass is 35.5. The minimum Gasteiger partial charge on any atom is -1.00 e. The van der Waals surface area contributed by atoms with E-state index in [0.29, 0.717) is 11.8 Å². The number of rotatable bonds is 5. The molecule has 1 spiro atoms. The highest BCUT2D eigenvalue weighted by Crippen LogP contribution is 2.46. The predicted molar refractivity (Wildman–Crippen MR) is 97.4 cm³/mol. The van der Waals surface area contributed by atoms with Gasteiger partial charge in [-0.05, 0) is 51.0 Å². The standard InChI is InChI=1S/C21H31NO2.ClH/c1-3-20(2)16-21(12-15-24-20)11-7-13-22(17-21)14-10-19(23)18-8-5-4-6-9-18;/h4-6,8-9H,3,7,10-17H2,1-2H3;1H/p-1. The van der Waals surface area contributed by atoms with E-state index in [9.17, 15) is 4.79 Å². The first-order chi connectivity index (χ1) is 11.5. The van der Waals surface area contributed by atoms with Crippen LogP contribution in [0.4, 0.5) is 0 Å². The third-order valence-electron chi connectivity index (χ3n) is 6.07. The van der Waals surface area contributed by atoms with Gasteiger partial charge in [0.15, 0.2) is 5.78 Å². The van der Waals surface area contributed by atoms with E-state index in [-0.39, 0.29) is 23.8 Å². The van der Waals surface area contributed by atoms with Crippen LogP contribution >= 0.6 is 0 Å². The van der Waals surface area contributed by atoms with E-state index < -0.39 is 0 Å². The lowest BCUT2D eigenvalue weighted by atomic mass is 9.68. The Bertz CT molecular complexity index is 560. The van der Waals surface area contributed by atoms with Gasteiger partial charge in [-0.1, -0.05) is 37.3 Å². The molecule has 4 heteroatoms. The van der Waals surface area contributed by atoms with E-state index in [4.69, 9.17) is 4.74 Å². The van der Waals surface area contributed by atoms with Crippen LogP contribution in [0.2, 0.25) is 0 Å². The van der Waals surface area contributed by atoms with Gasteiger partial charge >= 0.3 is 0 Å². The lowest BCUT2D eigenvalue weighted by Gasteiger charge is -2.50. The Hall–Kier alpha value is -0.900. The van der Waals surface area contributed by atoms with Gasteiger partial charge in [-0.15, -0.1) is 0 Å². The molecule has 0 amide bonds. The molecule has 1 aromatic carbocycles. The summed E-state index contributed by atoms with van der Waals surface area (Å²) in [6.07, 6.45) is 6.61. The molecular weight excluding hydrogens is 334 g/mol. The van der Waals surface area contributed by atoms with Gasteiger partial charge in [0.05, 0.1) is 5.60 Å². The number of piperidine rings is 1. The molecular formula is C21H31ClNO2-.